The molecule has 0 unspecified atom stereocenters. The van der Waals surface area contributed by atoms with Crippen molar-refractivity contribution >= 4 is 22.5 Å². The second-order valence-corrected chi connectivity index (χ2v) is 6.40. The van der Waals surface area contributed by atoms with E-state index in [9.17, 15) is 9.90 Å². The Labute approximate surface area is 142 Å². The third-order valence-corrected chi connectivity index (χ3v) is 4.64. The van der Waals surface area contributed by atoms with Gasteiger partial charge in [0.15, 0.2) is 0 Å². The molecular weight excluding hydrogens is 328 g/mol. The van der Waals surface area contributed by atoms with Crippen molar-refractivity contribution in [2.24, 2.45) is 0 Å². The molecule has 0 aliphatic heterocycles. The van der Waals surface area contributed by atoms with Gasteiger partial charge in [0.1, 0.15) is 16.4 Å². The first-order valence-corrected chi connectivity index (χ1v) is 8.17. The van der Waals surface area contributed by atoms with Crippen LogP contribution in [0.25, 0.3) is 22.2 Å². The van der Waals surface area contributed by atoms with Crippen LogP contribution in [0.3, 0.4) is 0 Å². The summed E-state index contributed by atoms with van der Waals surface area (Å²) in [7, 11) is 0. The number of aromatic nitrogens is 4. The number of hydrogen-bond acceptors (Lipinski definition) is 5. The highest BCUT2D eigenvalue weighted by atomic mass is 35.5. The van der Waals surface area contributed by atoms with Crippen molar-refractivity contribution in [1.29, 1.82) is 0 Å². The molecule has 0 spiro atoms. The maximum Gasteiger partial charge on any atom is 0.261 e. The Bertz CT molecular complexity index is 958. The normalized spacial score (nSPS) is 20.6. The summed E-state index contributed by atoms with van der Waals surface area (Å²) in [5.41, 5.74) is 1.65. The summed E-state index contributed by atoms with van der Waals surface area (Å²) in [6.07, 6.45) is 6.56. The van der Waals surface area contributed by atoms with Crippen molar-refractivity contribution in [3.05, 3.63) is 52.4 Å². The van der Waals surface area contributed by atoms with Crippen LogP contribution >= 0.6 is 11.6 Å². The molecule has 122 valence electrons. The van der Waals surface area contributed by atoms with Crippen LogP contribution in [-0.4, -0.2) is 30.7 Å². The molecule has 0 aromatic carbocycles. The van der Waals surface area contributed by atoms with Gasteiger partial charge in [0.25, 0.3) is 5.56 Å². The van der Waals surface area contributed by atoms with Gasteiger partial charge in [0.2, 0.25) is 0 Å². The maximum atomic E-state index is 12.9. The maximum absolute atomic E-state index is 12.9. The first-order chi connectivity index (χ1) is 11.6. The van der Waals surface area contributed by atoms with E-state index in [1.807, 2.05) is 6.07 Å². The minimum atomic E-state index is -0.357. The molecule has 1 fully saturated rings. The summed E-state index contributed by atoms with van der Waals surface area (Å²) in [6, 6.07) is 5.17. The Morgan fingerprint density at radius 2 is 2.21 bits per heavy atom. The van der Waals surface area contributed by atoms with E-state index in [-0.39, 0.29) is 22.9 Å². The average Bonchev–Trinajstić information content (AvgIpc) is 3.02. The molecule has 24 heavy (non-hydrogen) atoms. The van der Waals surface area contributed by atoms with Crippen LogP contribution in [0.5, 0.6) is 0 Å². The highest BCUT2D eigenvalue weighted by Crippen LogP contribution is 2.30. The molecule has 2 atom stereocenters. The monoisotopic (exact) mass is 342 g/mol. The zero-order valence-electron chi connectivity index (χ0n) is 12.8. The summed E-state index contributed by atoms with van der Waals surface area (Å²) < 4.78 is 1.60. The zero-order chi connectivity index (χ0) is 16.7. The van der Waals surface area contributed by atoms with Crippen LogP contribution in [0.2, 0.25) is 5.15 Å². The first kappa shape index (κ1) is 15.2. The number of hydrogen-bond donors (Lipinski definition) is 1. The molecule has 1 aliphatic carbocycles. The van der Waals surface area contributed by atoms with Gasteiger partial charge in [-0.25, -0.2) is 9.97 Å². The van der Waals surface area contributed by atoms with Gasteiger partial charge in [-0.1, -0.05) is 11.6 Å². The number of halogens is 1. The summed E-state index contributed by atoms with van der Waals surface area (Å²) in [4.78, 5) is 25.8. The minimum absolute atomic E-state index is 0.0295. The van der Waals surface area contributed by atoms with Crippen LogP contribution < -0.4 is 5.56 Å². The van der Waals surface area contributed by atoms with Gasteiger partial charge in [-0.3, -0.25) is 14.3 Å². The number of aliphatic hydroxyl groups excluding tert-OH is 1. The standard InChI is InChI=1S/C17H15ClN4O2/c18-14-7-13-16(15(21-14)10-2-1-5-19-8-10)20-9-22(17(13)24)11-3-4-12(23)6-11/h1-2,5,7-9,11-12,23H,3-4,6H2/t11-,12+/m1/s1. The fraction of sp³-hybridized carbons (Fsp3) is 0.294. The number of pyridine rings is 2. The lowest BCUT2D eigenvalue weighted by Gasteiger charge is -2.14. The van der Waals surface area contributed by atoms with E-state index >= 15 is 0 Å². The van der Waals surface area contributed by atoms with E-state index in [1.165, 1.54) is 0 Å². The quantitative estimate of drug-likeness (QED) is 0.724. The topological polar surface area (TPSA) is 80.9 Å². The van der Waals surface area contributed by atoms with Crippen molar-refractivity contribution in [3.63, 3.8) is 0 Å². The third kappa shape index (κ3) is 2.57. The van der Waals surface area contributed by atoms with E-state index in [0.29, 0.717) is 29.4 Å². The summed E-state index contributed by atoms with van der Waals surface area (Å²) in [5.74, 6) is 0. The first-order valence-electron chi connectivity index (χ1n) is 7.79. The van der Waals surface area contributed by atoms with Crippen LogP contribution in [0.4, 0.5) is 0 Å². The molecule has 3 heterocycles. The number of nitrogens with zero attached hydrogens (tertiary/aromatic N) is 4. The Morgan fingerprint density at radius 3 is 2.92 bits per heavy atom. The molecule has 1 N–H and O–H groups in total. The number of fused-ring (bicyclic) bond motifs is 1. The van der Waals surface area contributed by atoms with Crippen molar-refractivity contribution < 1.29 is 5.11 Å². The van der Waals surface area contributed by atoms with Crippen molar-refractivity contribution in [1.82, 2.24) is 19.5 Å². The predicted octanol–water partition coefficient (Wildman–Crippen LogP) is 2.59. The minimum Gasteiger partial charge on any atom is -0.393 e. The van der Waals surface area contributed by atoms with Crippen molar-refractivity contribution in [2.45, 2.75) is 31.4 Å². The Balaban J connectivity index is 1.92. The second kappa shape index (κ2) is 5.96. The van der Waals surface area contributed by atoms with Crippen LogP contribution in [0.1, 0.15) is 25.3 Å². The molecule has 0 saturated heterocycles. The third-order valence-electron chi connectivity index (χ3n) is 4.44. The summed E-state index contributed by atoms with van der Waals surface area (Å²) >= 11 is 6.13. The fourth-order valence-electron chi connectivity index (χ4n) is 3.26. The lowest BCUT2D eigenvalue weighted by Crippen LogP contribution is -2.24. The van der Waals surface area contributed by atoms with Gasteiger partial charge in [-0.05, 0) is 37.5 Å². The van der Waals surface area contributed by atoms with E-state index in [2.05, 4.69) is 15.0 Å². The van der Waals surface area contributed by atoms with Crippen LogP contribution in [0, 0.1) is 0 Å². The van der Waals surface area contributed by atoms with Crippen molar-refractivity contribution in [2.75, 3.05) is 0 Å². The Morgan fingerprint density at radius 1 is 1.33 bits per heavy atom. The molecule has 6 nitrogen and oxygen atoms in total. The van der Waals surface area contributed by atoms with Gasteiger partial charge >= 0.3 is 0 Å². The molecular formula is C17H15ClN4O2. The highest BCUT2D eigenvalue weighted by Gasteiger charge is 2.26. The lowest BCUT2D eigenvalue weighted by atomic mass is 10.1. The fourth-order valence-corrected chi connectivity index (χ4v) is 3.46. The summed E-state index contributed by atoms with van der Waals surface area (Å²) in [5, 5.41) is 10.4. The molecule has 3 aromatic heterocycles. The Kier molecular flexibility index (Phi) is 3.78. The Hall–Kier alpha value is -2.31. The van der Waals surface area contributed by atoms with Crippen LogP contribution in [0.15, 0.2) is 41.7 Å². The molecule has 0 radical (unpaired) electrons. The average molecular weight is 343 g/mol. The molecule has 1 aliphatic rings. The van der Waals surface area contributed by atoms with E-state index in [0.717, 1.165) is 12.0 Å². The van der Waals surface area contributed by atoms with Crippen molar-refractivity contribution in [3.8, 4) is 11.3 Å². The molecule has 0 amide bonds. The van der Waals surface area contributed by atoms with Gasteiger partial charge in [-0.15, -0.1) is 0 Å². The number of aliphatic hydroxyl groups is 1. The van der Waals surface area contributed by atoms with Gasteiger partial charge in [0.05, 0.1) is 17.8 Å². The SMILES string of the molecule is O=c1c2cc(Cl)nc(-c3cccnc3)c2ncn1[C@@H]1CC[C@H](O)C1. The predicted molar refractivity (Wildman–Crippen MR) is 90.9 cm³/mol. The smallest absolute Gasteiger partial charge is 0.261 e. The second-order valence-electron chi connectivity index (χ2n) is 6.01. The molecule has 0 bridgehead atoms. The lowest BCUT2D eigenvalue weighted by molar-refractivity contribution is 0.177. The largest absolute Gasteiger partial charge is 0.393 e. The van der Waals surface area contributed by atoms with Gasteiger partial charge in [0, 0.05) is 24.0 Å². The molecule has 7 heteroatoms. The van der Waals surface area contributed by atoms with E-state index < -0.39 is 0 Å². The molecule has 1 saturated carbocycles. The van der Waals surface area contributed by atoms with Gasteiger partial charge < -0.3 is 5.11 Å². The van der Waals surface area contributed by atoms with Gasteiger partial charge in [-0.2, -0.15) is 0 Å². The summed E-state index contributed by atoms with van der Waals surface area (Å²) in [6.45, 7) is 0. The molecule has 4 rings (SSSR count). The zero-order valence-corrected chi connectivity index (χ0v) is 13.5. The number of rotatable bonds is 2. The van der Waals surface area contributed by atoms with E-state index in [1.54, 1.807) is 35.4 Å². The highest BCUT2D eigenvalue weighted by molar-refractivity contribution is 6.30. The molecule has 3 aromatic rings. The van der Waals surface area contributed by atoms with E-state index in [4.69, 9.17) is 11.6 Å². The van der Waals surface area contributed by atoms with Crippen LogP contribution in [-0.2, 0) is 0 Å².